The van der Waals surface area contributed by atoms with E-state index in [1.165, 1.54) is 0 Å². The SMILES string of the molecule is CC(C)C(=O)Cc1ccc2c(c1)OCO2. The summed E-state index contributed by atoms with van der Waals surface area (Å²) in [5, 5.41) is 0. The van der Waals surface area contributed by atoms with E-state index < -0.39 is 0 Å². The number of ether oxygens (including phenoxy) is 2. The first kappa shape index (κ1) is 10.0. The van der Waals surface area contributed by atoms with Crippen molar-refractivity contribution in [2.45, 2.75) is 20.3 Å². The van der Waals surface area contributed by atoms with Gasteiger partial charge in [-0.15, -0.1) is 0 Å². The minimum atomic E-state index is 0.0791. The van der Waals surface area contributed by atoms with Crippen LogP contribution in [0.25, 0.3) is 0 Å². The standard InChI is InChI=1S/C12H14O3/c1-8(2)10(13)5-9-3-4-11-12(6-9)15-7-14-11/h3-4,6,8H,5,7H2,1-2H3. The minimum absolute atomic E-state index is 0.0791. The van der Waals surface area contributed by atoms with E-state index in [0.29, 0.717) is 6.42 Å². The molecule has 0 saturated heterocycles. The van der Waals surface area contributed by atoms with Crippen LogP contribution in [0, 0.1) is 5.92 Å². The molecular formula is C12H14O3. The zero-order valence-corrected chi connectivity index (χ0v) is 8.95. The van der Waals surface area contributed by atoms with Crippen molar-refractivity contribution in [3.8, 4) is 11.5 Å². The molecule has 80 valence electrons. The number of rotatable bonds is 3. The summed E-state index contributed by atoms with van der Waals surface area (Å²) < 4.78 is 10.4. The number of benzene rings is 1. The molecule has 0 aromatic heterocycles. The van der Waals surface area contributed by atoms with Crippen molar-refractivity contribution in [2.24, 2.45) is 5.92 Å². The molecule has 0 aliphatic carbocycles. The van der Waals surface area contributed by atoms with Gasteiger partial charge in [-0.05, 0) is 17.7 Å². The predicted molar refractivity (Wildman–Crippen MR) is 56.1 cm³/mol. The average Bonchev–Trinajstić information content (AvgIpc) is 2.64. The van der Waals surface area contributed by atoms with Gasteiger partial charge in [-0.3, -0.25) is 4.79 Å². The maximum absolute atomic E-state index is 11.5. The van der Waals surface area contributed by atoms with E-state index in [1.54, 1.807) is 0 Å². The zero-order valence-electron chi connectivity index (χ0n) is 8.95. The Balaban J connectivity index is 2.13. The van der Waals surface area contributed by atoms with E-state index in [2.05, 4.69) is 0 Å². The Labute approximate surface area is 89.0 Å². The molecule has 2 rings (SSSR count). The summed E-state index contributed by atoms with van der Waals surface area (Å²) in [6.45, 7) is 4.10. The van der Waals surface area contributed by atoms with E-state index in [-0.39, 0.29) is 18.5 Å². The molecule has 0 amide bonds. The predicted octanol–water partition coefficient (Wildman–Crippen LogP) is 2.18. The Morgan fingerprint density at radius 3 is 2.80 bits per heavy atom. The van der Waals surface area contributed by atoms with Gasteiger partial charge in [0.15, 0.2) is 11.5 Å². The molecule has 0 spiro atoms. The summed E-state index contributed by atoms with van der Waals surface area (Å²) in [7, 11) is 0. The fraction of sp³-hybridized carbons (Fsp3) is 0.417. The van der Waals surface area contributed by atoms with E-state index >= 15 is 0 Å². The quantitative estimate of drug-likeness (QED) is 0.760. The van der Waals surface area contributed by atoms with Crippen molar-refractivity contribution in [1.82, 2.24) is 0 Å². The van der Waals surface area contributed by atoms with Crippen LogP contribution in [0.1, 0.15) is 19.4 Å². The highest BCUT2D eigenvalue weighted by atomic mass is 16.7. The number of hydrogen-bond acceptors (Lipinski definition) is 3. The van der Waals surface area contributed by atoms with Crippen LogP contribution in [0.4, 0.5) is 0 Å². The van der Waals surface area contributed by atoms with Crippen molar-refractivity contribution in [3.05, 3.63) is 23.8 Å². The number of carbonyl (C=O) groups is 1. The lowest BCUT2D eigenvalue weighted by atomic mass is 10.0. The maximum atomic E-state index is 11.5. The van der Waals surface area contributed by atoms with Crippen molar-refractivity contribution in [2.75, 3.05) is 6.79 Å². The third-order valence-corrected chi connectivity index (χ3v) is 2.46. The summed E-state index contributed by atoms with van der Waals surface area (Å²) in [6.07, 6.45) is 0.467. The van der Waals surface area contributed by atoms with Crippen molar-refractivity contribution in [3.63, 3.8) is 0 Å². The molecule has 1 aliphatic heterocycles. The Kier molecular flexibility index (Phi) is 2.62. The van der Waals surface area contributed by atoms with Crippen LogP contribution in [0.5, 0.6) is 11.5 Å². The van der Waals surface area contributed by atoms with Gasteiger partial charge in [0, 0.05) is 12.3 Å². The lowest BCUT2D eigenvalue weighted by Crippen LogP contribution is -2.09. The number of carbonyl (C=O) groups excluding carboxylic acids is 1. The number of Topliss-reactive ketones (excluding diaryl/α,β-unsaturated/α-hetero) is 1. The van der Waals surface area contributed by atoms with Gasteiger partial charge in [-0.1, -0.05) is 19.9 Å². The third kappa shape index (κ3) is 2.12. The first-order valence-corrected chi connectivity index (χ1v) is 5.08. The van der Waals surface area contributed by atoms with E-state index in [0.717, 1.165) is 17.1 Å². The van der Waals surface area contributed by atoms with Crippen LogP contribution in [-0.4, -0.2) is 12.6 Å². The molecule has 0 unspecified atom stereocenters. The van der Waals surface area contributed by atoms with Crippen LogP contribution in [0.3, 0.4) is 0 Å². The van der Waals surface area contributed by atoms with Gasteiger partial charge in [0.2, 0.25) is 6.79 Å². The summed E-state index contributed by atoms with van der Waals surface area (Å²) >= 11 is 0. The van der Waals surface area contributed by atoms with Crippen molar-refractivity contribution in [1.29, 1.82) is 0 Å². The summed E-state index contributed by atoms with van der Waals surface area (Å²) in [5.74, 6) is 1.82. The zero-order chi connectivity index (χ0) is 10.8. The number of fused-ring (bicyclic) bond motifs is 1. The van der Waals surface area contributed by atoms with Crippen molar-refractivity contribution < 1.29 is 14.3 Å². The Bertz CT molecular complexity index is 382. The van der Waals surface area contributed by atoms with Gasteiger partial charge < -0.3 is 9.47 Å². The summed E-state index contributed by atoms with van der Waals surface area (Å²) in [4.78, 5) is 11.5. The third-order valence-electron chi connectivity index (χ3n) is 2.46. The molecular weight excluding hydrogens is 192 g/mol. The van der Waals surface area contributed by atoms with E-state index in [4.69, 9.17) is 9.47 Å². The van der Waals surface area contributed by atoms with Crippen LogP contribution in [0.2, 0.25) is 0 Å². The molecule has 15 heavy (non-hydrogen) atoms. The van der Waals surface area contributed by atoms with Gasteiger partial charge in [0.1, 0.15) is 5.78 Å². The molecule has 1 aromatic rings. The number of ketones is 1. The second-order valence-corrected chi connectivity index (χ2v) is 3.99. The fourth-order valence-corrected chi connectivity index (χ4v) is 1.46. The topological polar surface area (TPSA) is 35.5 Å². The lowest BCUT2D eigenvalue weighted by molar-refractivity contribution is -0.121. The highest BCUT2D eigenvalue weighted by molar-refractivity contribution is 5.82. The molecule has 3 heteroatoms. The van der Waals surface area contributed by atoms with Crippen LogP contribution < -0.4 is 9.47 Å². The first-order valence-electron chi connectivity index (χ1n) is 5.08. The van der Waals surface area contributed by atoms with Gasteiger partial charge >= 0.3 is 0 Å². The molecule has 0 radical (unpaired) electrons. The largest absolute Gasteiger partial charge is 0.454 e. The first-order chi connectivity index (χ1) is 7.16. The maximum Gasteiger partial charge on any atom is 0.231 e. The molecule has 0 fully saturated rings. The average molecular weight is 206 g/mol. The Morgan fingerprint density at radius 2 is 2.07 bits per heavy atom. The second-order valence-electron chi connectivity index (χ2n) is 3.99. The number of hydrogen-bond donors (Lipinski definition) is 0. The molecule has 0 saturated carbocycles. The van der Waals surface area contributed by atoms with Crippen LogP contribution in [-0.2, 0) is 11.2 Å². The van der Waals surface area contributed by atoms with Crippen LogP contribution >= 0.6 is 0 Å². The Morgan fingerprint density at radius 1 is 1.33 bits per heavy atom. The lowest BCUT2D eigenvalue weighted by Gasteiger charge is -2.04. The van der Waals surface area contributed by atoms with Gasteiger partial charge in [-0.2, -0.15) is 0 Å². The van der Waals surface area contributed by atoms with Crippen molar-refractivity contribution >= 4 is 5.78 Å². The highest BCUT2D eigenvalue weighted by Gasteiger charge is 2.15. The van der Waals surface area contributed by atoms with Gasteiger partial charge in [-0.25, -0.2) is 0 Å². The molecule has 0 N–H and O–H groups in total. The summed E-state index contributed by atoms with van der Waals surface area (Å²) in [6, 6.07) is 5.64. The smallest absolute Gasteiger partial charge is 0.231 e. The molecule has 0 bridgehead atoms. The molecule has 3 nitrogen and oxygen atoms in total. The molecule has 0 atom stereocenters. The molecule has 1 aromatic carbocycles. The monoisotopic (exact) mass is 206 g/mol. The summed E-state index contributed by atoms with van der Waals surface area (Å²) in [5.41, 5.74) is 0.984. The highest BCUT2D eigenvalue weighted by Crippen LogP contribution is 2.32. The van der Waals surface area contributed by atoms with E-state index in [1.807, 2.05) is 32.0 Å². The molecule has 1 aliphatic rings. The Hall–Kier alpha value is -1.51. The van der Waals surface area contributed by atoms with Gasteiger partial charge in [0.25, 0.3) is 0 Å². The molecule has 1 heterocycles. The van der Waals surface area contributed by atoms with E-state index in [9.17, 15) is 4.79 Å². The fourth-order valence-electron chi connectivity index (χ4n) is 1.46. The van der Waals surface area contributed by atoms with Crippen LogP contribution in [0.15, 0.2) is 18.2 Å². The minimum Gasteiger partial charge on any atom is -0.454 e. The van der Waals surface area contributed by atoms with Gasteiger partial charge in [0.05, 0.1) is 0 Å². The second kappa shape index (κ2) is 3.93. The normalized spacial score (nSPS) is 13.3.